The van der Waals surface area contributed by atoms with Crippen LogP contribution < -0.4 is 20.5 Å². The number of aromatic nitrogens is 6. The normalized spacial score (nSPS) is 11.0. The Morgan fingerprint density at radius 3 is 1.81 bits per heavy atom. The zero-order chi connectivity index (χ0) is 37.5. The molecule has 0 atom stereocenters. The second-order valence-electron chi connectivity index (χ2n) is 11.5. The highest BCUT2D eigenvalue weighted by Gasteiger charge is 2.33. The minimum atomic E-state index is -4.67. The van der Waals surface area contributed by atoms with Gasteiger partial charge < -0.3 is 20.5 Å². The second-order valence-corrected chi connectivity index (χ2v) is 11.9. The second kappa shape index (κ2) is 15.7. The van der Waals surface area contributed by atoms with Crippen molar-refractivity contribution in [3.63, 3.8) is 0 Å². The molecule has 53 heavy (non-hydrogen) atoms. The van der Waals surface area contributed by atoms with E-state index in [1.807, 2.05) is 49.8 Å². The largest absolute Gasteiger partial charge is 0.457 e. The molecule has 4 aromatic heterocycles. The summed E-state index contributed by atoms with van der Waals surface area (Å²) in [6, 6.07) is 23.9. The summed E-state index contributed by atoms with van der Waals surface area (Å²) in [6.07, 6.45) is 5.83. The average Bonchev–Trinajstić information content (AvgIpc) is 3.77. The molecule has 0 aliphatic carbocycles. The molecular formula is C38H30ClF3N8O3. The van der Waals surface area contributed by atoms with E-state index in [0.717, 1.165) is 29.0 Å². The maximum Gasteiger partial charge on any atom is 0.417 e. The van der Waals surface area contributed by atoms with Gasteiger partial charge in [-0.2, -0.15) is 23.4 Å². The molecule has 0 aliphatic heterocycles. The fourth-order valence-corrected chi connectivity index (χ4v) is 5.17. The van der Waals surface area contributed by atoms with Crippen LogP contribution in [0, 0.1) is 0 Å². The van der Waals surface area contributed by atoms with Gasteiger partial charge in [0.1, 0.15) is 23.0 Å². The maximum atomic E-state index is 13.1. The van der Waals surface area contributed by atoms with E-state index in [0.29, 0.717) is 40.1 Å². The lowest BCUT2D eigenvalue weighted by Gasteiger charge is -2.12. The number of anilines is 2. The number of halogens is 4. The van der Waals surface area contributed by atoms with Gasteiger partial charge in [0.25, 0.3) is 5.91 Å². The third-order valence-electron chi connectivity index (χ3n) is 7.42. The Balaban J connectivity index is 0.000000204. The highest BCUT2D eigenvalue weighted by molar-refractivity contribution is 6.31. The number of amides is 1. The summed E-state index contributed by atoms with van der Waals surface area (Å²) in [5.74, 6) is 1.64. The Morgan fingerprint density at radius 2 is 1.28 bits per heavy atom. The zero-order valence-electron chi connectivity index (χ0n) is 28.1. The molecule has 0 aliphatic rings. The van der Waals surface area contributed by atoms with Crippen molar-refractivity contribution < 1.29 is 27.4 Å². The molecule has 3 aromatic carbocycles. The Morgan fingerprint density at radius 1 is 0.736 bits per heavy atom. The smallest absolute Gasteiger partial charge is 0.417 e. The van der Waals surface area contributed by atoms with Crippen molar-refractivity contribution in [3.8, 4) is 45.5 Å². The summed E-state index contributed by atoms with van der Waals surface area (Å²) >= 11 is 5.62. The predicted octanol–water partition coefficient (Wildman–Crippen LogP) is 9.06. The first kappa shape index (κ1) is 36.1. The van der Waals surface area contributed by atoms with E-state index < -0.39 is 22.7 Å². The van der Waals surface area contributed by atoms with Crippen LogP contribution in [0.4, 0.5) is 24.5 Å². The van der Waals surface area contributed by atoms with E-state index in [9.17, 15) is 18.0 Å². The standard InChI is InChI=1S/C23H16ClF3N4O2.C15H14N4O/c1-31-13-15(12-29-31)21-11-18(7-8-28-21)33-17-4-2-3-16(10-17)30-22(32)14-5-6-20(24)19(9-14)23(25,26)27;1-19-10-11(9-18-19)15-8-14(5-6-17-15)20-13-4-2-3-12(16)7-13/h2-13H,1H3,(H,30,32);2-10H,16H2,1H3. The van der Waals surface area contributed by atoms with Crippen molar-refractivity contribution >= 4 is 28.9 Å². The fourth-order valence-electron chi connectivity index (χ4n) is 4.95. The Labute approximate surface area is 306 Å². The number of hydrogen-bond donors (Lipinski definition) is 2. The predicted molar refractivity (Wildman–Crippen MR) is 195 cm³/mol. The molecule has 4 heterocycles. The number of ether oxygens (including phenoxy) is 2. The van der Waals surface area contributed by atoms with E-state index in [1.54, 1.807) is 83.7 Å². The molecule has 7 rings (SSSR count). The fraction of sp³-hybridized carbons (Fsp3) is 0.0789. The molecule has 11 nitrogen and oxygen atoms in total. The van der Waals surface area contributed by atoms with Crippen LogP contribution in [0.25, 0.3) is 22.5 Å². The molecule has 0 saturated heterocycles. The molecule has 0 fully saturated rings. The van der Waals surface area contributed by atoms with Crippen LogP contribution in [0.5, 0.6) is 23.0 Å². The number of benzene rings is 3. The number of hydrogen-bond acceptors (Lipinski definition) is 8. The van der Waals surface area contributed by atoms with Gasteiger partial charge in [0.2, 0.25) is 0 Å². The van der Waals surface area contributed by atoms with E-state index >= 15 is 0 Å². The third kappa shape index (κ3) is 9.56. The molecule has 1 amide bonds. The molecule has 268 valence electrons. The first-order valence-electron chi connectivity index (χ1n) is 15.8. The summed E-state index contributed by atoms with van der Waals surface area (Å²) in [6.45, 7) is 0. The lowest BCUT2D eigenvalue weighted by atomic mass is 10.1. The van der Waals surface area contributed by atoms with Crippen molar-refractivity contribution in [3.05, 3.63) is 144 Å². The van der Waals surface area contributed by atoms with Gasteiger partial charge in [0.15, 0.2) is 0 Å². The Bertz CT molecular complexity index is 2380. The van der Waals surface area contributed by atoms with Gasteiger partial charge in [-0.05, 0) is 54.6 Å². The molecule has 0 unspecified atom stereocenters. The van der Waals surface area contributed by atoms with Crippen LogP contribution >= 0.6 is 11.6 Å². The van der Waals surface area contributed by atoms with Gasteiger partial charge in [-0.1, -0.05) is 23.7 Å². The van der Waals surface area contributed by atoms with Crippen LogP contribution in [0.2, 0.25) is 5.02 Å². The Kier molecular flexibility index (Phi) is 10.7. The quantitative estimate of drug-likeness (QED) is 0.148. The molecular weight excluding hydrogens is 709 g/mol. The summed E-state index contributed by atoms with van der Waals surface area (Å²) in [5, 5.41) is 10.4. The van der Waals surface area contributed by atoms with E-state index in [4.69, 9.17) is 26.8 Å². The number of aryl methyl sites for hydroxylation is 2. The average molecular weight is 739 g/mol. The SMILES string of the molecule is Cn1cc(-c2cc(Oc3cccc(N)c3)ccn2)cn1.Cn1cc(-c2cc(Oc3cccc(NC(=O)c4ccc(Cl)c(C(F)(F)F)c4)c3)ccn2)cn1. The van der Waals surface area contributed by atoms with Gasteiger partial charge >= 0.3 is 6.18 Å². The molecule has 7 aromatic rings. The topological polar surface area (TPSA) is 135 Å². The highest BCUT2D eigenvalue weighted by Crippen LogP contribution is 2.35. The van der Waals surface area contributed by atoms with Crippen LogP contribution in [0.3, 0.4) is 0 Å². The number of alkyl halides is 3. The number of rotatable bonds is 8. The minimum Gasteiger partial charge on any atom is -0.457 e. The molecule has 15 heteroatoms. The number of pyridine rings is 2. The number of nitrogens with one attached hydrogen (secondary N) is 1. The van der Waals surface area contributed by atoms with Gasteiger partial charge in [-0.3, -0.25) is 24.1 Å². The monoisotopic (exact) mass is 738 g/mol. The number of nitrogens with zero attached hydrogens (tertiary/aromatic N) is 6. The van der Waals surface area contributed by atoms with Crippen LogP contribution in [0.1, 0.15) is 15.9 Å². The maximum absolute atomic E-state index is 13.1. The number of nitrogens with two attached hydrogens (primary N) is 1. The van der Waals surface area contributed by atoms with Crippen LogP contribution in [0.15, 0.2) is 128 Å². The first-order valence-corrected chi connectivity index (χ1v) is 16.2. The van der Waals surface area contributed by atoms with Gasteiger partial charge in [-0.15, -0.1) is 0 Å². The lowest BCUT2D eigenvalue weighted by Crippen LogP contribution is -2.14. The molecule has 0 saturated carbocycles. The van der Waals surface area contributed by atoms with Crippen LogP contribution in [-0.4, -0.2) is 35.4 Å². The summed E-state index contributed by atoms with van der Waals surface area (Å²) < 4.78 is 54.3. The van der Waals surface area contributed by atoms with Crippen LogP contribution in [-0.2, 0) is 20.3 Å². The van der Waals surface area contributed by atoms with Gasteiger partial charge in [0, 0.05) is 91.2 Å². The molecule has 0 radical (unpaired) electrons. The molecule has 0 bridgehead atoms. The summed E-state index contributed by atoms with van der Waals surface area (Å²) in [7, 11) is 3.67. The Hall–Kier alpha value is -6.67. The van der Waals surface area contributed by atoms with Crippen molar-refractivity contribution in [2.75, 3.05) is 11.1 Å². The summed E-state index contributed by atoms with van der Waals surface area (Å²) in [4.78, 5) is 21.1. The number of nitrogen functional groups attached to an aromatic ring is 1. The number of carbonyl (C=O) groups excluding carboxylic acids is 1. The summed E-state index contributed by atoms with van der Waals surface area (Å²) in [5.41, 5.74) is 8.77. The highest BCUT2D eigenvalue weighted by atomic mass is 35.5. The third-order valence-corrected chi connectivity index (χ3v) is 7.75. The van der Waals surface area contributed by atoms with Crippen molar-refractivity contribution in [2.45, 2.75) is 6.18 Å². The van der Waals surface area contributed by atoms with E-state index in [2.05, 4.69) is 25.5 Å². The minimum absolute atomic E-state index is 0.173. The van der Waals surface area contributed by atoms with E-state index in [-0.39, 0.29) is 5.56 Å². The zero-order valence-corrected chi connectivity index (χ0v) is 28.9. The number of carbonyl (C=O) groups is 1. The molecule has 0 spiro atoms. The van der Waals surface area contributed by atoms with Crippen molar-refractivity contribution in [1.82, 2.24) is 29.5 Å². The van der Waals surface area contributed by atoms with Crippen molar-refractivity contribution in [1.29, 1.82) is 0 Å². The lowest BCUT2D eigenvalue weighted by molar-refractivity contribution is -0.137. The first-order chi connectivity index (χ1) is 25.4. The molecule has 3 N–H and O–H groups in total. The van der Waals surface area contributed by atoms with E-state index in [1.165, 1.54) is 6.07 Å². The van der Waals surface area contributed by atoms with Gasteiger partial charge in [-0.25, -0.2) is 0 Å². The van der Waals surface area contributed by atoms with Gasteiger partial charge in [0.05, 0.1) is 34.4 Å². The van der Waals surface area contributed by atoms with Crippen molar-refractivity contribution in [2.24, 2.45) is 14.1 Å².